The van der Waals surface area contributed by atoms with Gasteiger partial charge in [-0.15, -0.1) is 0 Å². The highest BCUT2D eigenvalue weighted by Gasteiger charge is 2.16. The Morgan fingerprint density at radius 3 is 2.85 bits per heavy atom. The summed E-state index contributed by atoms with van der Waals surface area (Å²) in [5.74, 6) is 1.43. The Hall–Kier alpha value is -1.69. The van der Waals surface area contributed by atoms with E-state index in [4.69, 9.17) is 4.52 Å². The molecule has 0 saturated heterocycles. The number of nitrogens with one attached hydrogen (secondary N) is 1. The van der Waals surface area contributed by atoms with Gasteiger partial charge >= 0.3 is 0 Å². The molecule has 20 heavy (non-hydrogen) atoms. The van der Waals surface area contributed by atoms with Crippen LogP contribution in [0, 0.1) is 6.92 Å². The molecule has 0 fully saturated rings. The molecule has 2 aromatic rings. The number of rotatable bonds is 7. The zero-order valence-corrected chi connectivity index (χ0v) is 12.6. The van der Waals surface area contributed by atoms with Gasteiger partial charge in [0.25, 0.3) is 0 Å². The molecule has 0 radical (unpaired) electrons. The number of hydrogen-bond acceptors (Lipinski definition) is 5. The Morgan fingerprint density at radius 1 is 1.40 bits per heavy atom. The molecule has 2 heterocycles. The molecule has 0 spiro atoms. The van der Waals surface area contributed by atoms with Crippen LogP contribution in [0.3, 0.4) is 0 Å². The van der Waals surface area contributed by atoms with E-state index in [0.29, 0.717) is 5.89 Å². The fraction of sp³-hybridized carbons (Fsp3) is 0.643. The molecule has 2 rings (SSSR count). The van der Waals surface area contributed by atoms with Crippen molar-refractivity contribution >= 4 is 0 Å². The quantitative estimate of drug-likeness (QED) is 0.840. The van der Waals surface area contributed by atoms with Crippen molar-refractivity contribution in [3.8, 4) is 0 Å². The Bertz CT molecular complexity index is 533. The molecule has 110 valence electrons. The Labute approximate surface area is 119 Å². The lowest BCUT2D eigenvalue weighted by atomic mass is 10.2. The van der Waals surface area contributed by atoms with Crippen LogP contribution < -0.4 is 5.32 Å². The summed E-state index contributed by atoms with van der Waals surface area (Å²) in [6.45, 7) is 9.11. The van der Waals surface area contributed by atoms with Crippen molar-refractivity contribution in [2.45, 2.75) is 59.2 Å². The Morgan fingerprint density at radius 2 is 2.20 bits per heavy atom. The van der Waals surface area contributed by atoms with Crippen molar-refractivity contribution < 1.29 is 4.52 Å². The van der Waals surface area contributed by atoms with E-state index in [-0.39, 0.29) is 12.1 Å². The van der Waals surface area contributed by atoms with Crippen LogP contribution in [0.25, 0.3) is 0 Å². The van der Waals surface area contributed by atoms with E-state index in [1.165, 1.54) is 5.56 Å². The molecule has 2 aromatic heterocycles. The lowest BCUT2D eigenvalue weighted by molar-refractivity contribution is 0.314. The maximum absolute atomic E-state index is 5.29. The van der Waals surface area contributed by atoms with Crippen molar-refractivity contribution in [3.05, 3.63) is 29.7 Å². The summed E-state index contributed by atoms with van der Waals surface area (Å²) >= 11 is 0. The molecule has 0 aliphatic carbocycles. The second-order valence-electron chi connectivity index (χ2n) is 5.33. The smallest absolute Gasteiger partial charge is 0.243 e. The third-order valence-electron chi connectivity index (χ3n) is 3.09. The summed E-state index contributed by atoms with van der Waals surface area (Å²) in [5, 5.41) is 11.7. The van der Waals surface area contributed by atoms with Gasteiger partial charge in [-0.25, -0.2) is 0 Å². The zero-order chi connectivity index (χ0) is 14.5. The second kappa shape index (κ2) is 6.65. The summed E-state index contributed by atoms with van der Waals surface area (Å²) in [5.41, 5.74) is 1.17. The minimum Gasteiger partial charge on any atom is -0.338 e. The number of nitrogens with zero attached hydrogens (tertiary/aromatic N) is 4. The van der Waals surface area contributed by atoms with Gasteiger partial charge in [-0.2, -0.15) is 10.1 Å². The zero-order valence-electron chi connectivity index (χ0n) is 12.6. The lowest BCUT2D eigenvalue weighted by Gasteiger charge is -2.17. The van der Waals surface area contributed by atoms with Gasteiger partial charge in [0.15, 0.2) is 5.82 Å². The van der Waals surface area contributed by atoms with E-state index in [0.717, 1.165) is 25.2 Å². The molecule has 0 aromatic carbocycles. The molecule has 6 nitrogen and oxygen atoms in total. The van der Waals surface area contributed by atoms with Gasteiger partial charge in [-0.1, -0.05) is 12.1 Å². The molecule has 0 amide bonds. The summed E-state index contributed by atoms with van der Waals surface area (Å²) in [7, 11) is 0. The maximum atomic E-state index is 5.29. The van der Waals surface area contributed by atoms with Gasteiger partial charge in [0.2, 0.25) is 5.89 Å². The third kappa shape index (κ3) is 3.90. The predicted molar refractivity (Wildman–Crippen MR) is 76.3 cm³/mol. The molecule has 0 bridgehead atoms. The monoisotopic (exact) mass is 277 g/mol. The summed E-state index contributed by atoms with van der Waals surface area (Å²) < 4.78 is 7.23. The topological polar surface area (TPSA) is 68.8 Å². The minimum absolute atomic E-state index is 0.0414. The van der Waals surface area contributed by atoms with E-state index in [1.807, 2.05) is 30.9 Å². The lowest BCUT2D eigenvalue weighted by Crippen LogP contribution is -2.33. The summed E-state index contributed by atoms with van der Waals surface area (Å²) in [4.78, 5) is 4.40. The first kappa shape index (κ1) is 14.7. The molecule has 6 heteroatoms. The van der Waals surface area contributed by atoms with Gasteiger partial charge in [-0.3, -0.25) is 4.68 Å². The van der Waals surface area contributed by atoms with E-state index < -0.39 is 0 Å². The van der Waals surface area contributed by atoms with Crippen LogP contribution in [-0.4, -0.2) is 26.0 Å². The third-order valence-corrected chi connectivity index (χ3v) is 3.09. The van der Waals surface area contributed by atoms with Crippen LogP contribution in [0.1, 0.15) is 50.5 Å². The van der Waals surface area contributed by atoms with Gasteiger partial charge in [0.05, 0.1) is 18.8 Å². The Kier molecular flexibility index (Phi) is 4.89. The predicted octanol–water partition coefficient (Wildman–Crippen LogP) is 2.27. The van der Waals surface area contributed by atoms with Crippen LogP contribution in [0.15, 0.2) is 16.9 Å². The largest absolute Gasteiger partial charge is 0.338 e. The standard InChI is InChI=1S/C14H23N5O/c1-5-6-13-17-14(20-18-13)12(4)16-11(3)9-19-8-10(2)7-15-19/h7-8,11-12,16H,5-6,9H2,1-4H3/t11-,12+/m1/s1. The second-order valence-corrected chi connectivity index (χ2v) is 5.33. The molecule has 0 aliphatic heterocycles. The van der Waals surface area contributed by atoms with Gasteiger partial charge in [-0.05, 0) is 32.8 Å². The number of hydrogen-bond donors (Lipinski definition) is 1. The van der Waals surface area contributed by atoms with Crippen LogP contribution in [0.4, 0.5) is 0 Å². The van der Waals surface area contributed by atoms with Crippen molar-refractivity contribution in [2.24, 2.45) is 0 Å². The molecular weight excluding hydrogens is 254 g/mol. The van der Waals surface area contributed by atoms with Crippen molar-refractivity contribution in [1.29, 1.82) is 0 Å². The van der Waals surface area contributed by atoms with E-state index in [1.54, 1.807) is 0 Å². The Balaban J connectivity index is 1.87. The highest BCUT2D eigenvalue weighted by molar-refractivity contribution is 4.99. The number of aryl methyl sites for hydroxylation is 2. The van der Waals surface area contributed by atoms with Gasteiger partial charge in [0, 0.05) is 18.7 Å². The SMILES string of the molecule is CCCc1noc([C@H](C)N[C@H](C)Cn2cc(C)cn2)n1. The van der Waals surface area contributed by atoms with Crippen molar-refractivity contribution in [3.63, 3.8) is 0 Å². The van der Waals surface area contributed by atoms with Crippen molar-refractivity contribution in [2.75, 3.05) is 0 Å². The van der Waals surface area contributed by atoms with E-state index >= 15 is 0 Å². The first-order valence-electron chi connectivity index (χ1n) is 7.16. The van der Waals surface area contributed by atoms with E-state index in [2.05, 4.69) is 34.4 Å². The van der Waals surface area contributed by atoms with Crippen LogP contribution in [0.5, 0.6) is 0 Å². The van der Waals surface area contributed by atoms with Crippen LogP contribution in [-0.2, 0) is 13.0 Å². The van der Waals surface area contributed by atoms with E-state index in [9.17, 15) is 0 Å². The van der Waals surface area contributed by atoms with Gasteiger partial charge < -0.3 is 9.84 Å². The molecular formula is C14H23N5O. The fourth-order valence-corrected chi connectivity index (χ4v) is 2.17. The van der Waals surface area contributed by atoms with Gasteiger partial charge in [0.1, 0.15) is 0 Å². The van der Waals surface area contributed by atoms with Crippen LogP contribution >= 0.6 is 0 Å². The molecule has 2 atom stereocenters. The van der Waals surface area contributed by atoms with Crippen molar-refractivity contribution in [1.82, 2.24) is 25.2 Å². The van der Waals surface area contributed by atoms with Crippen LogP contribution in [0.2, 0.25) is 0 Å². The number of aromatic nitrogens is 4. The summed E-state index contributed by atoms with van der Waals surface area (Å²) in [6, 6.07) is 0.311. The average Bonchev–Trinajstić information content (AvgIpc) is 2.99. The summed E-state index contributed by atoms with van der Waals surface area (Å²) in [6.07, 6.45) is 5.79. The maximum Gasteiger partial charge on any atom is 0.243 e. The minimum atomic E-state index is 0.0414. The first-order valence-corrected chi connectivity index (χ1v) is 7.16. The highest BCUT2D eigenvalue weighted by atomic mass is 16.5. The molecule has 1 N–H and O–H groups in total. The highest BCUT2D eigenvalue weighted by Crippen LogP contribution is 2.11. The molecule has 0 unspecified atom stereocenters. The first-order chi connectivity index (χ1) is 9.58. The molecule has 0 saturated carbocycles. The molecule has 0 aliphatic rings. The normalized spacial score (nSPS) is 14.4. The average molecular weight is 277 g/mol. The fourth-order valence-electron chi connectivity index (χ4n) is 2.17.